The maximum Gasteiger partial charge on any atom is 0.153 e. The van der Waals surface area contributed by atoms with Crippen LogP contribution < -0.4 is 4.74 Å². The maximum atomic E-state index is 10.7. The Morgan fingerprint density at radius 3 is 2.85 bits per heavy atom. The van der Waals surface area contributed by atoms with E-state index in [2.05, 4.69) is 0 Å². The highest BCUT2D eigenvalue weighted by atomic mass is 16.5. The molecule has 0 radical (unpaired) electrons. The molecule has 0 aliphatic heterocycles. The molecule has 1 aromatic rings. The molecule has 0 spiro atoms. The molecule has 0 unspecified atom stereocenters. The average Bonchev–Trinajstić information content (AvgIpc) is 2.92. The number of para-hydroxylation sites is 1. The van der Waals surface area contributed by atoms with E-state index >= 15 is 0 Å². The van der Waals surface area contributed by atoms with Gasteiger partial charge in [-0.05, 0) is 31.4 Å². The summed E-state index contributed by atoms with van der Waals surface area (Å²) in [7, 11) is 0. The minimum absolute atomic E-state index is 0.347. The fraction of sp³-hybridized carbons (Fsp3) is 0.364. The van der Waals surface area contributed by atoms with Gasteiger partial charge in [0.25, 0.3) is 0 Å². The summed E-state index contributed by atoms with van der Waals surface area (Å²) in [5.41, 5.74) is 1.70. The second-order valence-electron chi connectivity index (χ2n) is 3.43. The Balaban J connectivity index is 2.32. The molecule has 0 amide bonds. The molecule has 0 saturated heterocycles. The molecule has 0 N–H and O–H groups in total. The van der Waals surface area contributed by atoms with Crippen LogP contribution in [0, 0.1) is 6.92 Å². The molecule has 1 aliphatic rings. The van der Waals surface area contributed by atoms with Crippen molar-refractivity contribution >= 4 is 6.29 Å². The van der Waals surface area contributed by atoms with Crippen LogP contribution in [0.3, 0.4) is 0 Å². The van der Waals surface area contributed by atoms with Gasteiger partial charge in [-0.15, -0.1) is 0 Å². The zero-order valence-electron chi connectivity index (χ0n) is 7.62. The van der Waals surface area contributed by atoms with Crippen LogP contribution in [0.15, 0.2) is 18.2 Å². The van der Waals surface area contributed by atoms with E-state index in [0.717, 1.165) is 30.4 Å². The van der Waals surface area contributed by atoms with E-state index in [9.17, 15) is 4.79 Å². The van der Waals surface area contributed by atoms with E-state index in [1.165, 1.54) is 0 Å². The van der Waals surface area contributed by atoms with Crippen molar-refractivity contribution in [1.82, 2.24) is 0 Å². The summed E-state index contributed by atoms with van der Waals surface area (Å²) in [5.74, 6) is 0.764. The molecule has 2 rings (SSSR count). The first-order valence-electron chi connectivity index (χ1n) is 4.52. The first-order chi connectivity index (χ1) is 6.31. The van der Waals surface area contributed by atoms with Gasteiger partial charge in [-0.25, -0.2) is 0 Å². The molecule has 68 valence electrons. The minimum Gasteiger partial charge on any atom is -0.489 e. The van der Waals surface area contributed by atoms with Crippen molar-refractivity contribution in [3.63, 3.8) is 0 Å². The van der Waals surface area contributed by atoms with Gasteiger partial charge >= 0.3 is 0 Å². The van der Waals surface area contributed by atoms with Gasteiger partial charge in [0, 0.05) is 0 Å². The van der Waals surface area contributed by atoms with Gasteiger partial charge in [-0.3, -0.25) is 4.79 Å². The van der Waals surface area contributed by atoms with Gasteiger partial charge in [0.15, 0.2) is 6.29 Å². The van der Waals surface area contributed by atoms with E-state index < -0.39 is 0 Å². The van der Waals surface area contributed by atoms with Gasteiger partial charge in [0.1, 0.15) is 5.75 Å². The number of hydrogen-bond donors (Lipinski definition) is 0. The molecule has 0 heterocycles. The average molecular weight is 176 g/mol. The molecule has 1 saturated carbocycles. The van der Waals surface area contributed by atoms with Crippen molar-refractivity contribution in [3.05, 3.63) is 29.3 Å². The van der Waals surface area contributed by atoms with Crippen molar-refractivity contribution in [1.29, 1.82) is 0 Å². The number of carbonyl (C=O) groups is 1. The van der Waals surface area contributed by atoms with Gasteiger partial charge in [0.2, 0.25) is 0 Å². The lowest BCUT2D eigenvalue weighted by Gasteiger charge is -2.09. The molecular weight excluding hydrogens is 164 g/mol. The van der Waals surface area contributed by atoms with Crippen LogP contribution in [-0.2, 0) is 0 Å². The third-order valence-corrected chi connectivity index (χ3v) is 2.18. The van der Waals surface area contributed by atoms with Crippen LogP contribution in [0.5, 0.6) is 5.75 Å². The lowest BCUT2D eigenvalue weighted by molar-refractivity contribution is 0.111. The molecule has 0 atom stereocenters. The number of ether oxygens (including phenoxy) is 1. The van der Waals surface area contributed by atoms with Crippen molar-refractivity contribution in [2.24, 2.45) is 0 Å². The first-order valence-corrected chi connectivity index (χ1v) is 4.52. The molecule has 1 aliphatic carbocycles. The Bertz CT molecular complexity index is 327. The van der Waals surface area contributed by atoms with E-state index in [0.29, 0.717) is 11.7 Å². The third kappa shape index (κ3) is 1.72. The normalized spacial score (nSPS) is 15.5. The van der Waals surface area contributed by atoms with Crippen molar-refractivity contribution in [3.8, 4) is 5.75 Å². The summed E-state index contributed by atoms with van der Waals surface area (Å²) >= 11 is 0. The quantitative estimate of drug-likeness (QED) is 0.661. The highest BCUT2D eigenvalue weighted by Gasteiger charge is 2.25. The van der Waals surface area contributed by atoms with Crippen molar-refractivity contribution in [2.75, 3.05) is 0 Å². The Labute approximate surface area is 77.5 Å². The summed E-state index contributed by atoms with van der Waals surface area (Å²) < 4.78 is 5.65. The lowest BCUT2D eigenvalue weighted by atomic mass is 10.1. The molecule has 0 aromatic heterocycles. The van der Waals surface area contributed by atoms with Crippen molar-refractivity contribution in [2.45, 2.75) is 25.9 Å². The Morgan fingerprint density at radius 1 is 1.46 bits per heavy atom. The summed E-state index contributed by atoms with van der Waals surface area (Å²) in [6.45, 7) is 1.96. The number of carbonyl (C=O) groups excluding carboxylic acids is 1. The minimum atomic E-state index is 0.347. The van der Waals surface area contributed by atoms with Crippen LogP contribution in [-0.4, -0.2) is 12.4 Å². The van der Waals surface area contributed by atoms with Crippen LogP contribution in [0.2, 0.25) is 0 Å². The molecule has 2 nitrogen and oxygen atoms in total. The molecule has 1 fully saturated rings. The largest absolute Gasteiger partial charge is 0.489 e. The standard InChI is InChI=1S/C11H12O2/c1-8-3-2-4-9(7-12)11(8)13-10-5-6-10/h2-4,7,10H,5-6H2,1H3. The number of hydrogen-bond acceptors (Lipinski definition) is 2. The molecule has 1 aromatic carbocycles. The van der Waals surface area contributed by atoms with Gasteiger partial charge < -0.3 is 4.74 Å². The molecule has 0 bridgehead atoms. The highest BCUT2D eigenvalue weighted by Crippen LogP contribution is 2.30. The van der Waals surface area contributed by atoms with Crippen molar-refractivity contribution < 1.29 is 9.53 Å². The lowest BCUT2D eigenvalue weighted by Crippen LogP contribution is -2.01. The van der Waals surface area contributed by atoms with Gasteiger partial charge in [-0.2, -0.15) is 0 Å². The summed E-state index contributed by atoms with van der Waals surface area (Å²) in [6, 6.07) is 5.63. The summed E-state index contributed by atoms with van der Waals surface area (Å²) in [5, 5.41) is 0. The topological polar surface area (TPSA) is 26.3 Å². The number of benzene rings is 1. The smallest absolute Gasteiger partial charge is 0.153 e. The van der Waals surface area contributed by atoms with E-state index in [1.807, 2.05) is 19.1 Å². The van der Waals surface area contributed by atoms with Crippen LogP contribution in [0.1, 0.15) is 28.8 Å². The summed E-state index contributed by atoms with van der Waals surface area (Å²) in [4.78, 5) is 10.7. The molecular formula is C11H12O2. The van der Waals surface area contributed by atoms with E-state index in [1.54, 1.807) is 6.07 Å². The highest BCUT2D eigenvalue weighted by molar-refractivity contribution is 5.80. The Kier molecular flexibility index (Phi) is 2.05. The van der Waals surface area contributed by atoms with Crippen LogP contribution in [0.4, 0.5) is 0 Å². The zero-order chi connectivity index (χ0) is 9.26. The fourth-order valence-corrected chi connectivity index (χ4v) is 1.28. The predicted octanol–water partition coefficient (Wildman–Crippen LogP) is 2.35. The zero-order valence-corrected chi connectivity index (χ0v) is 7.62. The third-order valence-electron chi connectivity index (χ3n) is 2.18. The Morgan fingerprint density at radius 2 is 2.23 bits per heavy atom. The number of rotatable bonds is 3. The van der Waals surface area contributed by atoms with Gasteiger partial charge in [-0.1, -0.05) is 12.1 Å². The van der Waals surface area contributed by atoms with Gasteiger partial charge in [0.05, 0.1) is 11.7 Å². The van der Waals surface area contributed by atoms with Crippen LogP contribution >= 0.6 is 0 Å². The molecule has 13 heavy (non-hydrogen) atoms. The SMILES string of the molecule is Cc1cccc(C=O)c1OC1CC1. The first kappa shape index (κ1) is 8.30. The fourth-order valence-electron chi connectivity index (χ4n) is 1.28. The Hall–Kier alpha value is -1.31. The van der Waals surface area contributed by atoms with E-state index in [4.69, 9.17) is 4.74 Å². The number of aryl methyl sites for hydroxylation is 1. The second kappa shape index (κ2) is 3.21. The van der Waals surface area contributed by atoms with Crippen LogP contribution in [0.25, 0.3) is 0 Å². The monoisotopic (exact) mass is 176 g/mol. The number of aldehydes is 1. The van der Waals surface area contributed by atoms with E-state index in [-0.39, 0.29) is 0 Å². The second-order valence-corrected chi connectivity index (χ2v) is 3.43. The molecule has 2 heteroatoms. The predicted molar refractivity (Wildman–Crippen MR) is 50.2 cm³/mol. The summed E-state index contributed by atoms with van der Waals surface area (Å²) in [6.07, 6.45) is 3.43. The maximum absolute atomic E-state index is 10.7.